The Kier molecular flexibility index (Phi) is 8.52. The summed E-state index contributed by atoms with van der Waals surface area (Å²) in [6.45, 7) is 0. The van der Waals surface area contributed by atoms with E-state index in [-0.39, 0.29) is 0 Å². The van der Waals surface area contributed by atoms with Crippen molar-refractivity contribution < 1.29 is 4.42 Å². The van der Waals surface area contributed by atoms with E-state index < -0.39 is 0 Å². The van der Waals surface area contributed by atoms with Crippen LogP contribution in [0.25, 0.3) is 138 Å². The molecular formula is C63H38N4O. The number of nitrogens with zero attached hydrogens (tertiary/aromatic N) is 4. The van der Waals surface area contributed by atoms with Crippen LogP contribution in [0.5, 0.6) is 0 Å². The lowest BCUT2D eigenvalue weighted by molar-refractivity contribution is 0.668. The molecule has 0 saturated heterocycles. The average Bonchev–Trinajstić information content (AvgIpc) is 3.93. The highest BCUT2D eigenvalue weighted by molar-refractivity contribution is 6.18. The molecule has 14 aromatic rings. The molecule has 0 aliphatic carbocycles. The highest BCUT2D eigenvalue weighted by Crippen LogP contribution is 2.44. The van der Waals surface area contributed by atoms with Gasteiger partial charge in [0.15, 0.2) is 17.5 Å². The van der Waals surface area contributed by atoms with Crippen LogP contribution in [0.1, 0.15) is 0 Å². The summed E-state index contributed by atoms with van der Waals surface area (Å²) >= 11 is 0. The molecule has 5 heteroatoms. The Bertz CT molecular complexity index is 4210. The van der Waals surface area contributed by atoms with Crippen molar-refractivity contribution in [2.75, 3.05) is 0 Å². The first kappa shape index (κ1) is 38.1. The highest BCUT2D eigenvalue weighted by Gasteiger charge is 2.23. The van der Waals surface area contributed by atoms with Crippen LogP contribution < -0.4 is 0 Å². The molecule has 0 N–H and O–H groups in total. The van der Waals surface area contributed by atoms with E-state index in [9.17, 15) is 0 Å². The minimum atomic E-state index is 0.576. The lowest BCUT2D eigenvalue weighted by Gasteiger charge is -2.15. The molecule has 0 radical (unpaired) electrons. The van der Waals surface area contributed by atoms with Gasteiger partial charge in [-0.25, -0.2) is 15.0 Å². The molecule has 11 aromatic carbocycles. The van der Waals surface area contributed by atoms with Crippen molar-refractivity contribution >= 4 is 76.1 Å². The first-order valence-electron chi connectivity index (χ1n) is 23.0. The quantitative estimate of drug-likeness (QED) is 0.167. The molecular weight excluding hydrogens is 829 g/mol. The third-order valence-electron chi connectivity index (χ3n) is 13.6. The van der Waals surface area contributed by atoms with E-state index >= 15 is 0 Å². The number of fused-ring (bicyclic) bond motifs is 9. The Labute approximate surface area is 390 Å². The number of hydrogen-bond acceptors (Lipinski definition) is 4. The van der Waals surface area contributed by atoms with Gasteiger partial charge in [0.1, 0.15) is 11.2 Å². The van der Waals surface area contributed by atoms with Crippen LogP contribution in [0.4, 0.5) is 0 Å². The number of furan rings is 1. The normalized spacial score (nSPS) is 11.8. The number of hydrogen-bond donors (Lipinski definition) is 0. The summed E-state index contributed by atoms with van der Waals surface area (Å²) in [5.74, 6) is 1.78. The van der Waals surface area contributed by atoms with Crippen LogP contribution >= 0.6 is 0 Å². The SMILES string of the molecule is c1ccc(-c2nc(-c3ccc(-c4cccc5ccccc45)cc3)nc(-c3cccc4oc5cc(-n6c7cc8ccccc8cc7c7cc8ccccc8cc76)c(-c6ccccc6)cc5c34)n2)cc1. The Balaban J connectivity index is 0.995. The third kappa shape index (κ3) is 6.14. The van der Waals surface area contributed by atoms with Gasteiger partial charge in [0.25, 0.3) is 0 Å². The number of rotatable bonds is 6. The van der Waals surface area contributed by atoms with Crippen LogP contribution in [-0.4, -0.2) is 19.5 Å². The zero-order valence-electron chi connectivity index (χ0n) is 36.6. The van der Waals surface area contributed by atoms with Crippen LogP contribution in [0.2, 0.25) is 0 Å². The molecule has 0 fully saturated rings. The Morgan fingerprint density at radius 3 is 1.44 bits per heavy atom. The largest absolute Gasteiger partial charge is 0.456 e. The minimum absolute atomic E-state index is 0.576. The van der Waals surface area contributed by atoms with Gasteiger partial charge in [-0.15, -0.1) is 0 Å². The molecule has 0 spiro atoms. The summed E-state index contributed by atoms with van der Waals surface area (Å²) in [6.07, 6.45) is 0. The molecule has 316 valence electrons. The van der Waals surface area contributed by atoms with Gasteiger partial charge >= 0.3 is 0 Å². The van der Waals surface area contributed by atoms with Gasteiger partial charge in [0.2, 0.25) is 0 Å². The summed E-state index contributed by atoms with van der Waals surface area (Å²) in [6, 6.07) is 81.7. The predicted molar refractivity (Wildman–Crippen MR) is 281 cm³/mol. The topological polar surface area (TPSA) is 56.7 Å². The molecule has 68 heavy (non-hydrogen) atoms. The van der Waals surface area contributed by atoms with Crippen molar-refractivity contribution in [2.24, 2.45) is 0 Å². The zero-order valence-corrected chi connectivity index (χ0v) is 36.6. The second-order valence-corrected chi connectivity index (χ2v) is 17.6. The minimum Gasteiger partial charge on any atom is -0.456 e. The summed E-state index contributed by atoms with van der Waals surface area (Å²) < 4.78 is 9.38. The first-order valence-corrected chi connectivity index (χ1v) is 23.0. The van der Waals surface area contributed by atoms with Gasteiger partial charge in [-0.05, 0) is 85.4 Å². The van der Waals surface area contributed by atoms with Crippen molar-refractivity contribution in [3.8, 4) is 62.1 Å². The molecule has 0 amide bonds. The van der Waals surface area contributed by atoms with E-state index in [0.717, 1.165) is 72.0 Å². The van der Waals surface area contributed by atoms with Gasteiger partial charge in [-0.1, -0.05) is 188 Å². The van der Waals surface area contributed by atoms with E-state index in [2.05, 4.69) is 193 Å². The van der Waals surface area contributed by atoms with Gasteiger partial charge in [-0.3, -0.25) is 0 Å². The maximum absolute atomic E-state index is 6.94. The van der Waals surface area contributed by atoms with E-state index in [4.69, 9.17) is 19.4 Å². The van der Waals surface area contributed by atoms with Crippen LogP contribution in [0.3, 0.4) is 0 Å². The lowest BCUT2D eigenvalue weighted by atomic mass is 9.97. The fourth-order valence-electron chi connectivity index (χ4n) is 10.3. The predicted octanol–water partition coefficient (Wildman–Crippen LogP) is 16.7. The van der Waals surface area contributed by atoms with Gasteiger partial charge in [0.05, 0.1) is 16.7 Å². The smallest absolute Gasteiger partial charge is 0.164 e. The molecule has 0 atom stereocenters. The summed E-state index contributed by atoms with van der Waals surface area (Å²) in [4.78, 5) is 15.6. The standard InChI is InChI=1S/C63H38N4O/c1-3-15-40(16-4-1)51-37-54-59(38-57(51)67-55-35-46-22-9-7-20-44(46)33-52(55)53-34-45-21-8-10-23-47(45)36-56(53)67)68-58-28-14-27-50(60(54)58)63-65-61(42-18-5-2-6-19-42)64-62(66-63)43-31-29-41(30-32-43)49-26-13-24-39-17-11-12-25-48(39)49/h1-38H. The van der Waals surface area contributed by atoms with Crippen molar-refractivity contribution in [1.82, 2.24) is 19.5 Å². The Morgan fingerprint density at radius 2 is 0.779 bits per heavy atom. The first-order chi connectivity index (χ1) is 33.7. The molecule has 0 aliphatic heterocycles. The fourth-order valence-corrected chi connectivity index (χ4v) is 10.3. The van der Waals surface area contributed by atoms with E-state index in [1.54, 1.807) is 0 Å². The van der Waals surface area contributed by atoms with Crippen LogP contribution in [-0.2, 0) is 0 Å². The monoisotopic (exact) mass is 866 g/mol. The third-order valence-corrected chi connectivity index (χ3v) is 13.6. The van der Waals surface area contributed by atoms with Gasteiger partial charge in [0, 0.05) is 49.9 Å². The number of aromatic nitrogens is 4. The van der Waals surface area contributed by atoms with Crippen molar-refractivity contribution in [2.45, 2.75) is 0 Å². The van der Waals surface area contributed by atoms with Crippen molar-refractivity contribution in [1.29, 1.82) is 0 Å². The molecule has 0 unspecified atom stereocenters. The van der Waals surface area contributed by atoms with E-state index in [1.165, 1.54) is 48.7 Å². The molecule has 0 aliphatic rings. The van der Waals surface area contributed by atoms with E-state index in [0.29, 0.717) is 17.5 Å². The molecule has 0 saturated carbocycles. The molecule has 0 bridgehead atoms. The zero-order chi connectivity index (χ0) is 44.7. The average molecular weight is 867 g/mol. The fraction of sp³-hybridized carbons (Fsp3) is 0. The summed E-state index contributed by atoms with van der Waals surface area (Å²) in [5.41, 5.74) is 12.1. The van der Waals surface area contributed by atoms with E-state index in [1.807, 2.05) is 42.5 Å². The maximum atomic E-state index is 6.94. The van der Waals surface area contributed by atoms with Crippen molar-refractivity contribution in [3.05, 3.63) is 231 Å². The van der Waals surface area contributed by atoms with Gasteiger partial charge < -0.3 is 8.98 Å². The van der Waals surface area contributed by atoms with Gasteiger partial charge in [-0.2, -0.15) is 0 Å². The maximum Gasteiger partial charge on any atom is 0.164 e. The van der Waals surface area contributed by atoms with Crippen LogP contribution in [0.15, 0.2) is 235 Å². The number of benzene rings is 11. The summed E-state index contributed by atoms with van der Waals surface area (Å²) in [7, 11) is 0. The lowest BCUT2D eigenvalue weighted by Crippen LogP contribution is -2.00. The molecule has 3 aromatic heterocycles. The highest BCUT2D eigenvalue weighted by atomic mass is 16.3. The van der Waals surface area contributed by atoms with Crippen LogP contribution in [0, 0.1) is 0 Å². The second-order valence-electron chi connectivity index (χ2n) is 17.6. The Hall–Kier alpha value is -9.19. The molecule has 5 nitrogen and oxygen atoms in total. The second kappa shape index (κ2) is 15.2. The molecule has 3 heterocycles. The molecule has 14 rings (SSSR count). The summed E-state index contributed by atoms with van der Waals surface area (Å²) in [5, 5.41) is 11.6. The Morgan fingerprint density at radius 1 is 0.294 bits per heavy atom. The van der Waals surface area contributed by atoms with Crippen molar-refractivity contribution in [3.63, 3.8) is 0 Å².